The van der Waals surface area contributed by atoms with Crippen molar-refractivity contribution >= 4 is 5.91 Å². The second-order valence-electron chi connectivity index (χ2n) is 6.61. The summed E-state index contributed by atoms with van der Waals surface area (Å²) in [7, 11) is 0. The minimum Gasteiger partial charge on any atom is -0.344 e. The lowest BCUT2D eigenvalue weighted by Crippen LogP contribution is -2.29. The van der Waals surface area contributed by atoms with Crippen molar-refractivity contribution in [1.29, 1.82) is 0 Å². The maximum Gasteiger partial charge on any atom is 0.333 e. The Balaban J connectivity index is 1.85. The van der Waals surface area contributed by atoms with Crippen LogP contribution in [0.4, 0.5) is 8.78 Å². The van der Waals surface area contributed by atoms with Crippen LogP contribution in [-0.4, -0.2) is 20.7 Å². The molecule has 0 radical (unpaired) electrons. The lowest BCUT2D eigenvalue weighted by atomic mass is 10.0. The molecule has 1 atom stereocenters. The molecule has 28 heavy (non-hydrogen) atoms. The van der Waals surface area contributed by atoms with Gasteiger partial charge < -0.3 is 5.32 Å². The second-order valence-corrected chi connectivity index (χ2v) is 6.61. The molecule has 0 aliphatic heterocycles. The van der Waals surface area contributed by atoms with E-state index in [2.05, 4.69) is 15.4 Å². The van der Waals surface area contributed by atoms with E-state index >= 15 is 0 Å². The van der Waals surface area contributed by atoms with Crippen molar-refractivity contribution in [1.82, 2.24) is 20.1 Å². The number of carbonyl (C=O) groups is 1. The first-order valence-corrected chi connectivity index (χ1v) is 9.07. The number of amides is 1. The Kier molecular flexibility index (Phi) is 5.82. The average molecular weight is 384 g/mol. The van der Waals surface area contributed by atoms with Crippen molar-refractivity contribution in [2.24, 2.45) is 0 Å². The van der Waals surface area contributed by atoms with Gasteiger partial charge in [-0.1, -0.05) is 25.1 Å². The Morgan fingerprint density at radius 3 is 2.64 bits per heavy atom. The third kappa shape index (κ3) is 4.08. The Bertz CT molecular complexity index is 984. The minimum atomic E-state index is -2.70. The minimum absolute atomic E-state index is 0.208. The highest BCUT2D eigenvalue weighted by Gasteiger charge is 2.18. The number of hydrogen-bond donors (Lipinski definition) is 1. The average Bonchev–Trinajstić information content (AvgIpc) is 3.09. The lowest BCUT2D eigenvalue weighted by Gasteiger charge is -2.18. The van der Waals surface area contributed by atoms with E-state index in [4.69, 9.17) is 0 Å². The van der Waals surface area contributed by atoms with Crippen LogP contribution in [0.5, 0.6) is 0 Å². The topological polar surface area (TPSA) is 59.8 Å². The number of benzene rings is 1. The number of hydrogen-bond acceptors (Lipinski definition) is 3. The summed E-state index contributed by atoms with van der Waals surface area (Å²) in [5.74, 6) is -0.238. The number of carbonyl (C=O) groups excluding carboxylic acids is 1. The number of nitrogens with zero attached hydrogens (tertiary/aromatic N) is 3. The third-order valence-corrected chi connectivity index (χ3v) is 4.65. The number of nitrogens with one attached hydrogen (secondary N) is 1. The number of aromatic nitrogens is 3. The second kappa shape index (κ2) is 8.29. The molecule has 1 aromatic carbocycles. The summed E-state index contributed by atoms with van der Waals surface area (Å²) in [5, 5.41) is 6.84. The number of halogens is 2. The molecule has 0 fully saturated rings. The highest BCUT2D eigenvalue weighted by molar-refractivity contribution is 5.95. The summed E-state index contributed by atoms with van der Waals surface area (Å²) in [4.78, 5) is 17.2. The monoisotopic (exact) mass is 384 g/mol. The summed E-state index contributed by atoms with van der Waals surface area (Å²) >= 11 is 0. The summed E-state index contributed by atoms with van der Waals surface area (Å²) in [6.45, 7) is 2.90. The van der Waals surface area contributed by atoms with Crippen LogP contribution in [0.3, 0.4) is 0 Å². The maximum absolute atomic E-state index is 12.9. The Morgan fingerprint density at radius 1 is 1.21 bits per heavy atom. The van der Waals surface area contributed by atoms with Crippen LogP contribution in [-0.2, 0) is 0 Å². The molecule has 2 heterocycles. The SMILES string of the molecule is CC[C@H](NC(=O)c1cccc(-c2cn(C(F)F)nc2C)c1)c1ncccc1C. The molecule has 0 aliphatic rings. The Morgan fingerprint density at radius 2 is 2.00 bits per heavy atom. The third-order valence-electron chi connectivity index (χ3n) is 4.65. The predicted octanol–water partition coefficient (Wildman–Crippen LogP) is 4.84. The van der Waals surface area contributed by atoms with Crippen molar-refractivity contribution in [3.63, 3.8) is 0 Å². The summed E-state index contributed by atoms with van der Waals surface area (Å²) in [5.41, 5.74) is 4.02. The molecule has 0 aliphatic carbocycles. The largest absolute Gasteiger partial charge is 0.344 e. The van der Waals surface area contributed by atoms with Crippen LogP contribution < -0.4 is 5.32 Å². The van der Waals surface area contributed by atoms with Gasteiger partial charge in [0.25, 0.3) is 5.91 Å². The zero-order valence-electron chi connectivity index (χ0n) is 16.0. The van der Waals surface area contributed by atoms with E-state index in [0.717, 1.165) is 11.3 Å². The molecule has 3 rings (SSSR count). The van der Waals surface area contributed by atoms with E-state index in [1.165, 1.54) is 6.20 Å². The fourth-order valence-corrected chi connectivity index (χ4v) is 3.16. The first-order chi connectivity index (χ1) is 13.4. The molecule has 0 bridgehead atoms. The van der Waals surface area contributed by atoms with Gasteiger partial charge in [0.05, 0.1) is 17.4 Å². The molecule has 7 heteroatoms. The molecule has 0 spiro atoms. The predicted molar refractivity (Wildman–Crippen MR) is 103 cm³/mol. The first-order valence-electron chi connectivity index (χ1n) is 9.07. The van der Waals surface area contributed by atoms with Gasteiger partial charge in [0, 0.05) is 23.5 Å². The van der Waals surface area contributed by atoms with Gasteiger partial charge >= 0.3 is 6.55 Å². The Hall–Kier alpha value is -3.09. The lowest BCUT2D eigenvalue weighted by molar-refractivity contribution is 0.0563. The molecule has 1 N–H and O–H groups in total. The van der Waals surface area contributed by atoms with Crippen molar-refractivity contribution < 1.29 is 13.6 Å². The molecule has 146 valence electrons. The number of pyridine rings is 1. The number of alkyl halides is 2. The molecule has 5 nitrogen and oxygen atoms in total. The van der Waals surface area contributed by atoms with Crippen molar-refractivity contribution in [2.75, 3.05) is 0 Å². The number of aryl methyl sites for hydroxylation is 2. The van der Waals surface area contributed by atoms with Crippen molar-refractivity contribution in [3.8, 4) is 11.1 Å². The van der Waals surface area contributed by atoms with Gasteiger partial charge in [-0.05, 0) is 49.6 Å². The molecular weight excluding hydrogens is 362 g/mol. The smallest absolute Gasteiger partial charge is 0.333 e. The van der Waals surface area contributed by atoms with Crippen LogP contribution in [0.25, 0.3) is 11.1 Å². The van der Waals surface area contributed by atoms with E-state index in [0.29, 0.717) is 33.5 Å². The van der Waals surface area contributed by atoms with Crippen LogP contribution in [0.1, 0.15) is 53.2 Å². The van der Waals surface area contributed by atoms with Crippen molar-refractivity contribution in [3.05, 3.63) is 71.3 Å². The fourth-order valence-electron chi connectivity index (χ4n) is 3.16. The maximum atomic E-state index is 12.9. The quantitative estimate of drug-likeness (QED) is 0.662. The van der Waals surface area contributed by atoms with E-state index < -0.39 is 6.55 Å². The summed E-state index contributed by atoms with van der Waals surface area (Å²) in [6, 6.07) is 10.5. The van der Waals surface area contributed by atoms with Crippen LogP contribution in [0.15, 0.2) is 48.8 Å². The summed E-state index contributed by atoms with van der Waals surface area (Å²) in [6.07, 6.45) is 3.70. The van der Waals surface area contributed by atoms with Gasteiger partial charge in [-0.3, -0.25) is 9.78 Å². The highest BCUT2D eigenvalue weighted by atomic mass is 19.3. The van der Waals surface area contributed by atoms with E-state index in [1.54, 1.807) is 37.4 Å². The molecule has 2 aromatic heterocycles. The van der Waals surface area contributed by atoms with Crippen LogP contribution >= 0.6 is 0 Å². The van der Waals surface area contributed by atoms with Gasteiger partial charge in [0.15, 0.2) is 0 Å². The molecule has 0 saturated heterocycles. The highest BCUT2D eigenvalue weighted by Crippen LogP contribution is 2.26. The molecule has 0 saturated carbocycles. The van der Waals surface area contributed by atoms with E-state index in [-0.39, 0.29) is 11.9 Å². The number of rotatable bonds is 6. The molecule has 0 unspecified atom stereocenters. The molecular formula is C21H22F2N4O. The van der Waals surface area contributed by atoms with Gasteiger partial charge in [0.1, 0.15) is 0 Å². The zero-order chi connectivity index (χ0) is 20.3. The van der Waals surface area contributed by atoms with E-state index in [9.17, 15) is 13.6 Å². The molecule has 3 aromatic rings. The summed E-state index contributed by atoms with van der Waals surface area (Å²) < 4.78 is 26.4. The van der Waals surface area contributed by atoms with Gasteiger partial charge in [-0.2, -0.15) is 13.9 Å². The zero-order valence-corrected chi connectivity index (χ0v) is 16.0. The van der Waals surface area contributed by atoms with Gasteiger partial charge in [-0.15, -0.1) is 0 Å². The normalized spacial score (nSPS) is 12.2. The van der Waals surface area contributed by atoms with E-state index in [1.807, 2.05) is 26.0 Å². The molecule has 1 amide bonds. The van der Waals surface area contributed by atoms with Crippen molar-refractivity contribution in [2.45, 2.75) is 39.8 Å². The van der Waals surface area contributed by atoms with Crippen LogP contribution in [0, 0.1) is 13.8 Å². The fraction of sp³-hybridized carbons (Fsp3) is 0.286. The van der Waals surface area contributed by atoms with Crippen LogP contribution in [0.2, 0.25) is 0 Å². The first kappa shape index (κ1) is 19.7. The van der Waals surface area contributed by atoms with Gasteiger partial charge in [-0.25, -0.2) is 4.68 Å². The Labute approximate surface area is 162 Å². The standard InChI is InChI=1S/C21H22F2N4O/c1-4-18(19-13(2)7-6-10-24-19)25-20(28)16-9-5-8-15(11-16)17-12-27(21(22)23)26-14(17)3/h5-12,18,21H,4H2,1-3H3,(H,25,28)/t18-/m0/s1. The van der Waals surface area contributed by atoms with Gasteiger partial charge in [0.2, 0.25) is 0 Å².